The lowest BCUT2D eigenvalue weighted by atomic mass is 9.79. The lowest BCUT2D eigenvalue weighted by Gasteiger charge is -2.35. The molecule has 32 heavy (non-hydrogen) atoms. The molecule has 1 aliphatic carbocycles. The molecule has 0 fully saturated rings. The maximum atomic E-state index is 13.7. The number of nitrogens with zero attached hydrogens (tertiary/aromatic N) is 1. The van der Waals surface area contributed by atoms with Crippen LogP contribution in [0.2, 0.25) is 10.0 Å². The van der Waals surface area contributed by atoms with Crippen LogP contribution in [0.15, 0.2) is 89.6 Å². The first-order valence-electron chi connectivity index (χ1n) is 10.1. The number of hydrogen-bond donors (Lipinski definition) is 0. The number of Topliss-reactive ketones (excluding diaryl/α,β-unsaturated/α-hetero) is 1. The van der Waals surface area contributed by atoms with Gasteiger partial charge in [-0.3, -0.25) is 4.79 Å². The van der Waals surface area contributed by atoms with E-state index in [2.05, 4.69) is 0 Å². The molecule has 1 atom stereocenters. The summed E-state index contributed by atoms with van der Waals surface area (Å²) in [4.78, 5) is 28.6. The molecule has 6 rings (SSSR count). The van der Waals surface area contributed by atoms with E-state index in [0.717, 1.165) is 28.2 Å². The van der Waals surface area contributed by atoms with Crippen molar-refractivity contribution in [3.63, 3.8) is 0 Å². The molecular formula is C26H15Cl2NO3. The molecular weight excluding hydrogens is 445 g/mol. The molecule has 0 saturated heterocycles. The van der Waals surface area contributed by atoms with Gasteiger partial charge in [0.1, 0.15) is 6.61 Å². The van der Waals surface area contributed by atoms with Crippen LogP contribution in [0.3, 0.4) is 0 Å². The van der Waals surface area contributed by atoms with Crippen LogP contribution in [0.1, 0.15) is 27.4 Å². The fourth-order valence-corrected chi connectivity index (χ4v) is 5.07. The van der Waals surface area contributed by atoms with E-state index in [1.165, 1.54) is 0 Å². The largest absolute Gasteiger partial charge is 0.456 e. The van der Waals surface area contributed by atoms with Crippen molar-refractivity contribution in [2.75, 3.05) is 11.5 Å². The fraction of sp³-hybridized carbons (Fsp3) is 0.0769. The number of cyclic esters (lactones) is 1. The highest BCUT2D eigenvalue weighted by Crippen LogP contribution is 2.53. The zero-order chi connectivity index (χ0) is 22.0. The second kappa shape index (κ2) is 7.09. The third kappa shape index (κ3) is 2.70. The van der Waals surface area contributed by atoms with Crippen LogP contribution in [0.4, 0.5) is 5.69 Å². The minimum absolute atomic E-state index is 0.0826. The van der Waals surface area contributed by atoms with Gasteiger partial charge in [0.25, 0.3) is 0 Å². The second-order valence-corrected chi connectivity index (χ2v) is 8.74. The van der Waals surface area contributed by atoms with Gasteiger partial charge in [-0.2, -0.15) is 0 Å². The maximum Gasteiger partial charge on any atom is 0.337 e. The number of rotatable bonds is 2. The van der Waals surface area contributed by atoms with E-state index >= 15 is 0 Å². The minimum Gasteiger partial charge on any atom is -0.456 e. The number of esters is 1. The molecule has 4 nitrogen and oxygen atoms in total. The molecule has 3 aromatic rings. The van der Waals surface area contributed by atoms with Gasteiger partial charge in [-0.15, -0.1) is 0 Å². The quantitative estimate of drug-likeness (QED) is 0.439. The standard InChI is InChI=1S/C26H15Cl2NO3/c27-15-7-5-14(6-8-15)21-22-20(13-32-26(22)31)29(17-11-9-16(28)10-12-17)24-18-3-1-2-4-19(18)25(30)23(21)24/h1-12,21H,13H2. The van der Waals surface area contributed by atoms with Crippen molar-refractivity contribution in [1.82, 2.24) is 0 Å². The fourth-order valence-electron chi connectivity index (χ4n) is 4.81. The zero-order valence-corrected chi connectivity index (χ0v) is 18.2. The summed E-state index contributed by atoms with van der Waals surface area (Å²) in [6, 6.07) is 22.2. The van der Waals surface area contributed by atoms with Gasteiger partial charge < -0.3 is 9.64 Å². The minimum atomic E-state index is -0.532. The number of carbonyl (C=O) groups excluding carboxylic acids is 2. The van der Waals surface area contributed by atoms with Gasteiger partial charge in [-0.1, -0.05) is 59.6 Å². The Balaban J connectivity index is 1.67. The summed E-state index contributed by atoms with van der Waals surface area (Å²) in [6.45, 7) is 0.133. The smallest absolute Gasteiger partial charge is 0.337 e. The first-order chi connectivity index (χ1) is 15.5. The van der Waals surface area contributed by atoms with Gasteiger partial charge in [0.2, 0.25) is 0 Å². The second-order valence-electron chi connectivity index (χ2n) is 7.87. The van der Waals surface area contributed by atoms with E-state index in [1.54, 1.807) is 24.3 Å². The number of allylic oxidation sites excluding steroid dienone is 1. The Bertz CT molecular complexity index is 1370. The first-order valence-corrected chi connectivity index (χ1v) is 10.9. The van der Waals surface area contributed by atoms with Crippen LogP contribution < -0.4 is 4.90 Å². The molecule has 0 radical (unpaired) electrons. The Morgan fingerprint density at radius 2 is 1.41 bits per heavy atom. The number of halogens is 2. The van der Waals surface area contributed by atoms with E-state index in [4.69, 9.17) is 27.9 Å². The third-order valence-electron chi connectivity index (χ3n) is 6.16. The summed E-state index contributed by atoms with van der Waals surface area (Å²) in [5.41, 5.74) is 5.68. The van der Waals surface area contributed by atoms with Crippen LogP contribution in [-0.2, 0) is 9.53 Å². The van der Waals surface area contributed by atoms with Crippen molar-refractivity contribution < 1.29 is 14.3 Å². The van der Waals surface area contributed by atoms with Gasteiger partial charge in [-0.25, -0.2) is 4.79 Å². The molecule has 6 heteroatoms. The van der Waals surface area contributed by atoms with Crippen molar-refractivity contribution in [2.45, 2.75) is 5.92 Å². The lowest BCUT2D eigenvalue weighted by molar-refractivity contribution is -0.136. The summed E-state index contributed by atoms with van der Waals surface area (Å²) in [6.07, 6.45) is 0. The van der Waals surface area contributed by atoms with Gasteiger partial charge in [0, 0.05) is 38.4 Å². The van der Waals surface area contributed by atoms with Crippen molar-refractivity contribution in [3.05, 3.63) is 116 Å². The predicted octanol–water partition coefficient (Wildman–Crippen LogP) is 6.02. The van der Waals surface area contributed by atoms with E-state index in [-0.39, 0.29) is 12.4 Å². The summed E-state index contributed by atoms with van der Waals surface area (Å²) in [5, 5.41) is 1.20. The van der Waals surface area contributed by atoms with Crippen LogP contribution in [0.25, 0.3) is 5.70 Å². The SMILES string of the molecule is O=C1OCC2=C1C(c1ccc(Cl)cc1)C1=C(c3ccccc3C1=O)N2c1ccc(Cl)cc1. The van der Waals surface area contributed by atoms with Crippen LogP contribution in [0.5, 0.6) is 0 Å². The van der Waals surface area contributed by atoms with Crippen molar-refractivity contribution >= 4 is 46.3 Å². The van der Waals surface area contributed by atoms with Gasteiger partial charge in [-0.05, 0) is 42.0 Å². The van der Waals surface area contributed by atoms with Gasteiger partial charge in [0.15, 0.2) is 5.78 Å². The molecule has 0 saturated carbocycles. The molecule has 2 heterocycles. The van der Waals surface area contributed by atoms with Gasteiger partial charge in [0.05, 0.1) is 17.0 Å². The molecule has 0 spiro atoms. The Labute approximate surface area is 194 Å². The highest BCUT2D eigenvalue weighted by molar-refractivity contribution is 6.31. The van der Waals surface area contributed by atoms with Crippen molar-refractivity contribution in [1.29, 1.82) is 0 Å². The molecule has 1 unspecified atom stereocenters. The summed E-state index contributed by atoms with van der Waals surface area (Å²) < 4.78 is 5.49. The Kier molecular flexibility index (Phi) is 4.29. The molecule has 0 bridgehead atoms. The van der Waals surface area contributed by atoms with Gasteiger partial charge >= 0.3 is 5.97 Å². The number of anilines is 1. The molecule has 2 aliphatic heterocycles. The monoisotopic (exact) mass is 459 g/mol. The number of benzene rings is 3. The summed E-state index contributed by atoms with van der Waals surface area (Å²) >= 11 is 12.2. The topological polar surface area (TPSA) is 46.6 Å². The lowest BCUT2D eigenvalue weighted by Crippen LogP contribution is -2.30. The van der Waals surface area contributed by atoms with Crippen LogP contribution >= 0.6 is 23.2 Å². The number of carbonyl (C=O) groups is 2. The highest BCUT2D eigenvalue weighted by Gasteiger charge is 2.49. The normalized spacial score (nSPS) is 19.2. The zero-order valence-electron chi connectivity index (χ0n) is 16.6. The van der Waals surface area contributed by atoms with Crippen LogP contribution in [-0.4, -0.2) is 18.4 Å². The average molecular weight is 460 g/mol. The van der Waals surface area contributed by atoms with E-state index < -0.39 is 11.9 Å². The number of hydrogen-bond acceptors (Lipinski definition) is 4. The molecule has 0 aromatic heterocycles. The average Bonchev–Trinajstić information content (AvgIpc) is 3.33. The summed E-state index contributed by atoms with van der Waals surface area (Å²) in [7, 11) is 0. The first kappa shape index (κ1) is 19.4. The molecule has 3 aromatic carbocycles. The maximum absolute atomic E-state index is 13.7. The van der Waals surface area contributed by atoms with E-state index in [9.17, 15) is 9.59 Å². The number of ether oxygens (including phenoxy) is 1. The summed E-state index contributed by atoms with van der Waals surface area (Å²) in [5.74, 6) is -1.02. The Hall–Kier alpha value is -3.34. The van der Waals surface area contributed by atoms with Crippen molar-refractivity contribution in [2.24, 2.45) is 0 Å². The van der Waals surface area contributed by atoms with E-state index in [1.807, 2.05) is 53.4 Å². The predicted molar refractivity (Wildman–Crippen MR) is 124 cm³/mol. The van der Waals surface area contributed by atoms with E-state index in [0.29, 0.717) is 26.8 Å². The van der Waals surface area contributed by atoms with Crippen molar-refractivity contribution in [3.8, 4) is 0 Å². The molecule has 0 amide bonds. The molecule has 3 aliphatic rings. The number of fused-ring (bicyclic) bond motifs is 2. The van der Waals surface area contributed by atoms with Crippen LogP contribution in [0, 0.1) is 0 Å². The molecule has 156 valence electrons. The highest BCUT2D eigenvalue weighted by atomic mass is 35.5. The third-order valence-corrected chi connectivity index (χ3v) is 6.66. The number of ketones is 1. The Morgan fingerprint density at radius 3 is 2.09 bits per heavy atom. The molecule has 0 N–H and O–H groups in total. The Morgan fingerprint density at radius 1 is 0.781 bits per heavy atom.